The van der Waals surface area contributed by atoms with Gasteiger partial charge in [0, 0.05) is 49.1 Å². The topological polar surface area (TPSA) is 79.3 Å². The molecule has 0 aromatic carbocycles. The second kappa shape index (κ2) is 10.4. The zero-order valence-corrected chi connectivity index (χ0v) is 20.1. The van der Waals surface area contributed by atoms with Crippen LogP contribution in [0.5, 0.6) is 0 Å². The Bertz CT molecular complexity index is 992. The van der Waals surface area contributed by atoms with Crippen molar-refractivity contribution in [2.24, 2.45) is 5.92 Å². The minimum atomic E-state index is -0.111. The normalized spacial score (nSPS) is 18.2. The summed E-state index contributed by atoms with van der Waals surface area (Å²) >= 11 is 0. The van der Waals surface area contributed by atoms with Crippen LogP contribution in [0.25, 0.3) is 0 Å². The Balaban J connectivity index is 1.50. The molecule has 7 heteroatoms. The van der Waals surface area contributed by atoms with Gasteiger partial charge >= 0.3 is 0 Å². The lowest BCUT2D eigenvalue weighted by molar-refractivity contribution is -0.132. The van der Waals surface area contributed by atoms with Crippen LogP contribution in [0.4, 0.5) is 5.82 Å². The van der Waals surface area contributed by atoms with Gasteiger partial charge < -0.3 is 4.90 Å². The lowest BCUT2D eigenvalue weighted by Crippen LogP contribution is -2.38. The monoisotopic (exact) mass is 449 g/mol. The number of hydrogen-bond donors (Lipinski definition) is 0. The van der Waals surface area contributed by atoms with Crippen LogP contribution in [0.2, 0.25) is 0 Å². The van der Waals surface area contributed by atoms with Gasteiger partial charge in [0.15, 0.2) is 5.82 Å². The summed E-state index contributed by atoms with van der Waals surface area (Å²) in [6.45, 7) is 7.76. The van der Waals surface area contributed by atoms with Gasteiger partial charge in [0.25, 0.3) is 0 Å². The van der Waals surface area contributed by atoms with Crippen LogP contribution < -0.4 is 4.90 Å². The summed E-state index contributed by atoms with van der Waals surface area (Å²) < 4.78 is 0. The highest BCUT2D eigenvalue weighted by Gasteiger charge is 2.34. The number of aromatic nitrogens is 3. The highest BCUT2D eigenvalue weighted by Crippen LogP contribution is 2.35. The van der Waals surface area contributed by atoms with E-state index in [4.69, 9.17) is 9.97 Å². The fraction of sp³-hybridized carbons (Fsp3) is 0.577. The van der Waals surface area contributed by atoms with Gasteiger partial charge in [-0.3, -0.25) is 19.5 Å². The molecule has 4 heterocycles. The van der Waals surface area contributed by atoms with Crippen molar-refractivity contribution in [1.29, 1.82) is 0 Å². The highest BCUT2D eigenvalue weighted by molar-refractivity contribution is 5.95. The van der Waals surface area contributed by atoms with E-state index in [1.165, 1.54) is 0 Å². The summed E-state index contributed by atoms with van der Waals surface area (Å²) in [6.07, 6.45) is 7.82. The van der Waals surface area contributed by atoms with Gasteiger partial charge in [-0.25, -0.2) is 9.97 Å². The first kappa shape index (κ1) is 23.3. The Morgan fingerprint density at radius 2 is 2.06 bits per heavy atom. The quantitative estimate of drug-likeness (QED) is 0.604. The van der Waals surface area contributed by atoms with Crippen LogP contribution in [0.1, 0.15) is 81.2 Å². The highest BCUT2D eigenvalue weighted by atomic mass is 16.2. The summed E-state index contributed by atoms with van der Waals surface area (Å²) in [5.41, 5.74) is 3.03. The van der Waals surface area contributed by atoms with Crippen molar-refractivity contribution in [3.05, 3.63) is 47.2 Å². The molecule has 2 aromatic rings. The van der Waals surface area contributed by atoms with Crippen molar-refractivity contribution in [2.75, 3.05) is 18.0 Å². The first-order chi connectivity index (χ1) is 15.9. The van der Waals surface area contributed by atoms with Gasteiger partial charge in [-0.05, 0) is 63.5 Å². The number of aryl methyl sites for hydroxylation is 2. The first-order valence-corrected chi connectivity index (χ1v) is 12.3. The summed E-state index contributed by atoms with van der Waals surface area (Å²) in [5, 5.41) is 0. The zero-order chi connectivity index (χ0) is 23.4. The summed E-state index contributed by atoms with van der Waals surface area (Å²) in [4.78, 5) is 43.7. The fourth-order valence-electron chi connectivity index (χ4n) is 4.81. The maximum Gasteiger partial charge on any atom is 0.228 e. The molecular weight excluding hydrogens is 414 g/mol. The maximum absolute atomic E-state index is 13.1. The van der Waals surface area contributed by atoms with Gasteiger partial charge in [-0.1, -0.05) is 19.9 Å². The number of anilines is 1. The number of pyridine rings is 1. The Kier molecular flexibility index (Phi) is 7.36. The lowest BCUT2D eigenvalue weighted by atomic mass is 10.0. The molecule has 176 valence electrons. The van der Waals surface area contributed by atoms with E-state index in [1.54, 1.807) is 6.20 Å². The second-order valence-corrected chi connectivity index (χ2v) is 9.62. The minimum Gasteiger partial charge on any atom is -0.332 e. The molecule has 7 nitrogen and oxygen atoms in total. The molecule has 2 amide bonds. The second-order valence-electron chi connectivity index (χ2n) is 9.62. The van der Waals surface area contributed by atoms with E-state index in [9.17, 15) is 9.59 Å². The third-order valence-electron chi connectivity index (χ3n) is 6.71. The molecule has 2 aliphatic rings. The maximum atomic E-state index is 13.1. The van der Waals surface area contributed by atoms with Crippen LogP contribution >= 0.6 is 0 Å². The minimum absolute atomic E-state index is 0.111. The van der Waals surface area contributed by atoms with E-state index in [1.807, 2.05) is 34.9 Å². The van der Waals surface area contributed by atoms with Gasteiger partial charge in [0.2, 0.25) is 11.8 Å². The molecule has 0 spiro atoms. The zero-order valence-electron chi connectivity index (χ0n) is 20.1. The lowest BCUT2D eigenvalue weighted by Gasteiger charge is -2.31. The number of rotatable bonds is 8. The molecule has 0 bridgehead atoms. The Labute approximate surface area is 196 Å². The summed E-state index contributed by atoms with van der Waals surface area (Å²) in [7, 11) is 0. The number of hydrogen-bond acceptors (Lipinski definition) is 5. The molecule has 2 aromatic heterocycles. The number of fused-ring (bicyclic) bond motifs is 1. The standard InChI is InChI=1S/C26H35N5O2/c1-18(2)14-17-31-24(33)13-12-21-19(3)28-25(29-26(21)31)22-10-7-16-30(22)23(32)11-6-9-20-8-4-5-15-27-20/h4-5,8,15,18,22H,6-7,9-14,16-17H2,1-3H3/t22-/m0/s1. The van der Waals surface area contributed by atoms with Crippen LogP contribution in [0, 0.1) is 12.8 Å². The molecule has 1 saturated heterocycles. The van der Waals surface area contributed by atoms with Crippen LogP contribution in [-0.2, 0) is 22.4 Å². The van der Waals surface area contributed by atoms with Crippen LogP contribution in [0.3, 0.4) is 0 Å². The molecular formula is C26H35N5O2. The first-order valence-electron chi connectivity index (χ1n) is 12.3. The van der Waals surface area contributed by atoms with Gasteiger partial charge in [-0.15, -0.1) is 0 Å². The van der Waals surface area contributed by atoms with Crippen molar-refractivity contribution in [3.8, 4) is 0 Å². The molecule has 2 aliphatic heterocycles. The van der Waals surface area contributed by atoms with Gasteiger partial charge in [-0.2, -0.15) is 0 Å². The number of amides is 2. The molecule has 0 unspecified atom stereocenters. The molecule has 0 saturated carbocycles. The SMILES string of the molecule is Cc1nc([C@@H]2CCCN2C(=O)CCCc2ccccn2)nc2c1CCC(=O)N2CCC(C)C. The molecule has 0 radical (unpaired) electrons. The number of carbonyl (C=O) groups is 2. The van der Waals surface area contributed by atoms with E-state index >= 15 is 0 Å². The average Bonchev–Trinajstić information content (AvgIpc) is 3.29. The summed E-state index contributed by atoms with van der Waals surface area (Å²) in [6, 6.07) is 5.77. The van der Waals surface area contributed by atoms with Crippen molar-refractivity contribution in [3.63, 3.8) is 0 Å². The molecule has 4 rings (SSSR count). The average molecular weight is 450 g/mol. The van der Waals surface area contributed by atoms with Crippen LogP contribution in [-0.4, -0.2) is 44.8 Å². The van der Waals surface area contributed by atoms with E-state index < -0.39 is 0 Å². The van der Waals surface area contributed by atoms with Gasteiger partial charge in [0.05, 0.1) is 6.04 Å². The van der Waals surface area contributed by atoms with Crippen LogP contribution in [0.15, 0.2) is 24.4 Å². The largest absolute Gasteiger partial charge is 0.332 e. The number of nitrogens with zero attached hydrogens (tertiary/aromatic N) is 5. The molecule has 33 heavy (non-hydrogen) atoms. The van der Waals surface area contributed by atoms with Gasteiger partial charge in [0.1, 0.15) is 5.82 Å². The molecule has 1 fully saturated rings. The summed E-state index contributed by atoms with van der Waals surface area (Å²) in [5.74, 6) is 2.26. The molecule has 0 N–H and O–H groups in total. The predicted octanol–water partition coefficient (Wildman–Crippen LogP) is 4.19. The van der Waals surface area contributed by atoms with Crippen molar-refractivity contribution >= 4 is 17.6 Å². The van der Waals surface area contributed by atoms with E-state index in [0.29, 0.717) is 37.5 Å². The Hall–Kier alpha value is -2.83. The number of carbonyl (C=O) groups excluding carboxylic acids is 2. The molecule has 1 atom stereocenters. The number of likely N-dealkylation sites (tertiary alicyclic amines) is 1. The Morgan fingerprint density at radius 1 is 1.21 bits per heavy atom. The van der Waals surface area contributed by atoms with Crippen molar-refractivity contribution in [2.45, 2.75) is 78.2 Å². The van der Waals surface area contributed by atoms with Crippen molar-refractivity contribution < 1.29 is 9.59 Å². The van der Waals surface area contributed by atoms with E-state index in [2.05, 4.69) is 18.8 Å². The Morgan fingerprint density at radius 3 is 2.82 bits per heavy atom. The third-order valence-corrected chi connectivity index (χ3v) is 6.71. The molecule has 0 aliphatic carbocycles. The fourth-order valence-corrected chi connectivity index (χ4v) is 4.81. The predicted molar refractivity (Wildman–Crippen MR) is 128 cm³/mol. The van der Waals surface area contributed by atoms with E-state index in [0.717, 1.165) is 61.4 Å². The third kappa shape index (κ3) is 5.40. The van der Waals surface area contributed by atoms with E-state index in [-0.39, 0.29) is 17.9 Å². The smallest absolute Gasteiger partial charge is 0.228 e. The van der Waals surface area contributed by atoms with Crippen molar-refractivity contribution in [1.82, 2.24) is 19.9 Å².